The van der Waals surface area contributed by atoms with Crippen molar-refractivity contribution in [3.8, 4) is 17.2 Å². The molecular formula is C27H38O6. The first-order valence-corrected chi connectivity index (χ1v) is 12.3. The first-order valence-electron chi connectivity index (χ1n) is 12.3. The lowest BCUT2D eigenvalue weighted by Gasteiger charge is -2.13. The summed E-state index contributed by atoms with van der Waals surface area (Å²) in [6.07, 6.45) is 15.3. The SMILES string of the molecule is CC/C=C/CCOc1ccc2c(OC(C)=O)c(OCCCCCCCCCC)c(=O)oc2c1. The summed E-state index contributed by atoms with van der Waals surface area (Å²) in [5, 5.41) is 0.494. The summed E-state index contributed by atoms with van der Waals surface area (Å²) in [5.41, 5.74) is -0.376. The van der Waals surface area contributed by atoms with Gasteiger partial charge in [-0.25, -0.2) is 4.79 Å². The van der Waals surface area contributed by atoms with Crippen LogP contribution in [0.25, 0.3) is 11.0 Å². The van der Waals surface area contributed by atoms with Crippen molar-refractivity contribution in [1.29, 1.82) is 0 Å². The van der Waals surface area contributed by atoms with E-state index in [4.69, 9.17) is 18.6 Å². The largest absolute Gasteiger partial charge is 0.493 e. The van der Waals surface area contributed by atoms with Crippen LogP contribution in [-0.4, -0.2) is 19.2 Å². The molecule has 0 amide bonds. The number of carbonyl (C=O) groups is 1. The standard InChI is InChI=1S/C27H38O6/c1-4-6-8-10-11-12-13-15-19-31-26-25(32-21(3)28)23-17-16-22(20-24(23)33-27(26)29)30-18-14-9-7-5-2/h7,9,16-17,20H,4-6,8,10-15,18-19H2,1-3H3/b9-7+. The maximum Gasteiger partial charge on any atom is 0.383 e. The van der Waals surface area contributed by atoms with Crippen LogP contribution in [0.15, 0.2) is 39.6 Å². The van der Waals surface area contributed by atoms with Crippen LogP contribution in [0.5, 0.6) is 17.2 Å². The zero-order chi connectivity index (χ0) is 23.9. The Labute approximate surface area is 196 Å². The highest BCUT2D eigenvalue weighted by Crippen LogP contribution is 2.35. The summed E-state index contributed by atoms with van der Waals surface area (Å²) < 4.78 is 22.3. The second kappa shape index (κ2) is 15.1. The first-order chi connectivity index (χ1) is 16.1. The molecule has 2 aromatic rings. The van der Waals surface area contributed by atoms with Gasteiger partial charge in [0.05, 0.1) is 18.6 Å². The Kier molecular flexibility index (Phi) is 12.2. The maximum atomic E-state index is 12.6. The van der Waals surface area contributed by atoms with Gasteiger partial charge in [-0.05, 0) is 31.4 Å². The monoisotopic (exact) mass is 458 g/mol. The number of allylic oxidation sites excluding steroid dienone is 1. The summed E-state index contributed by atoms with van der Waals surface area (Å²) in [7, 11) is 0. The fourth-order valence-corrected chi connectivity index (χ4v) is 3.53. The number of ether oxygens (including phenoxy) is 3. The van der Waals surface area contributed by atoms with Gasteiger partial charge in [0.15, 0.2) is 5.75 Å². The summed E-state index contributed by atoms with van der Waals surface area (Å²) in [6.45, 7) is 6.47. The third kappa shape index (κ3) is 9.32. The minimum atomic E-state index is -0.665. The van der Waals surface area contributed by atoms with Gasteiger partial charge in [0.2, 0.25) is 5.75 Å². The van der Waals surface area contributed by atoms with Gasteiger partial charge in [-0.15, -0.1) is 0 Å². The average molecular weight is 459 g/mol. The van der Waals surface area contributed by atoms with Crippen LogP contribution in [0, 0.1) is 0 Å². The van der Waals surface area contributed by atoms with Gasteiger partial charge < -0.3 is 18.6 Å². The van der Waals surface area contributed by atoms with Crippen LogP contribution in [-0.2, 0) is 4.79 Å². The van der Waals surface area contributed by atoms with E-state index < -0.39 is 11.6 Å². The number of benzene rings is 1. The first kappa shape index (κ1) is 26.5. The smallest absolute Gasteiger partial charge is 0.383 e. The molecule has 0 N–H and O–H groups in total. The molecule has 6 nitrogen and oxygen atoms in total. The van der Waals surface area contributed by atoms with Gasteiger partial charge in [-0.2, -0.15) is 0 Å². The molecule has 0 aliphatic rings. The lowest BCUT2D eigenvalue weighted by molar-refractivity contribution is -0.131. The van der Waals surface area contributed by atoms with Gasteiger partial charge in [0, 0.05) is 13.0 Å². The molecule has 0 saturated heterocycles. The molecule has 0 bridgehead atoms. The van der Waals surface area contributed by atoms with E-state index in [2.05, 4.69) is 26.0 Å². The van der Waals surface area contributed by atoms with Crippen molar-refractivity contribution in [2.75, 3.05) is 13.2 Å². The molecule has 0 fully saturated rings. The van der Waals surface area contributed by atoms with Gasteiger partial charge >= 0.3 is 11.6 Å². The highest BCUT2D eigenvalue weighted by Gasteiger charge is 2.20. The Balaban J connectivity index is 2.04. The van der Waals surface area contributed by atoms with Crippen molar-refractivity contribution < 1.29 is 23.4 Å². The van der Waals surface area contributed by atoms with E-state index in [1.165, 1.54) is 39.0 Å². The lowest BCUT2D eigenvalue weighted by Crippen LogP contribution is -2.13. The van der Waals surface area contributed by atoms with Gasteiger partial charge in [0.25, 0.3) is 0 Å². The van der Waals surface area contributed by atoms with Crippen LogP contribution in [0.2, 0.25) is 0 Å². The van der Waals surface area contributed by atoms with Crippen molar-refractivity contribution in [2.45, 2.75) is 85.0 Å². The Morgan fingerprint density at radius 2 is 1.64 bits per heavy atom. The fourth-order valence-electron chi connectivity index (χ4n) is 3.53. The van der Waals surface area contributed by atoms with Crippen molar-refractivity contribution in [3.63, 3.8) is 0 Å². The van der Waals surface area contributed by atoms with Gasteiger partial charge in [0.1, 0.15) is 11.3 Å². The summed E-state index contributed by atoms with van der Waals surface area (Å²) in [5.74, 6) is 0.101. The van der Waals surface area contributed by atoms with Crippen molar-refractivity contribution >= 4 is 16.9 Å². The molecule has 0 aliphatic carbocycles. The van der Waals surface area contributed by atoms with E-state index >= 15 is 0 Å². The topological polar surface area (TPSA) is 75.0 Å². The second-order valence-corrected chi connectivity index (χ2v) is 8.14. The van der Waals surface area contributed by atoms with E-state index in [1.54, 1.807) is 18.2 Å². The zero-order valence-electron chi connectivity index (χ0n) is 20.3. The normalized spacial score (nSPS) is 11.2. The van der Waals surface area contributed by atoms with Crippen molar-refractivity contribution in [1.82, 2.24) is 0 Å². The Hall–Kier alpha value is -2.76. The third-order valence-corrected chi connectivity index (χ3v) is 5.24. The molecule has 1 heterocycles. The maximum absolute atomic E-state index is 12.6. The Morgan fingerprint density at radius 1 is 0.909 bits per heavy atom. The number of carbonyl (C=O) groups excluding carboxylic acids is 1. The summed E-state index contributed by atoms with van der Waals surface area (Å²) >= 11 is 0. The predicted octanol–water partition coefficient (Wildman–Crippen LogP) is 6.97. The van der Waals surface area contributed by atoms with E-state index in [1.807, 2.05) is 0 Å². The molecule has 33 heavy (non-hydrogen) atoms. The van der Waals surface area contributed by atoms with Crippen LogP contribution in [0.3, 0.4) is 0 Å². The molecule has 0 spiro atoms. The summed E-state index contributed by atoms with van der Waals surface area (Å²) in [6, 6.07) is 5.12. The summed E-state index contributed by atoms with van der Waals surface area (Å²) in [4.78, 5) is 24.3. The molecular weight excluding hydrogens is 420 g/mol. The minimum Gasteiger partial charge on any atom is -0.493 e. The van der Waals surface area contributed by atoms with Crippen LogP contribution < -0.4 is 19.8 Å². The number of fused-ring (bicyclic) bond motifs is 1. The van der Waals surface area contributed by atoms with Crippen molar-refractivity contribution in [3.05, 3.63) is 40.8 Å². The minimum absolute atomic E-state index is 0.0565. The molecule has 1 aromatic carbocycles. The number of hydrogen-bond acceptors (Lipinski definition) is 6. The molecule has 0 atom stereocenters. The molecule has 182 valence electrons. The van der Waals surface area contributed by atoms with Crippen LogP contribution in [0.4, 0.5) is 0 Å². The van der Waals surface area contributed by atoms with Crippen molar-refractivity contribution in [2.24, 2.45) is 0 Å². The molecule has 6 heteroatoms. The van der Waals surface area contributed by atoms with E-state index in [0.717, 1.165) is 32.1 Å². The van der Waals surface area contributed by atoms with E-state index in [9.17, 15) is 9.59 Å². The van der Waals surface area contributed by atoms with Gasteiger partial charge in [-0.1, -0.05) is 70.9 Å². The fraction of sp³-hybridized carbons (Fsp3) is 0.556. The molecule has 2 rings (SSSR count). The molecule has 0 radical (unpaired) electrons. The van der Waals surface area contributed by atoms with E-state index in [0.29, 0.717) is 24.3 Å². The predicted molar refractivity (Wildman–Crippen MR) is 131 cm³/mol. The van der Waals surface area contributed by atoms with Crippen LogP contribution in [0.1, 0.15) is 85.0 Å². The number of hydrogen-bond donors (Lipinski definition) is 0. The highest BCUT2D eigenvalue weighted by atomic mass is 16.6. The molecule has 1 aromatic heterocycles. The Bertz CT molecular complexity index is 944. The highest BCUT2D eigenvalue weighted by molar-refractivity contribution is 5.89. The molecule has 0 saturated carbocycles. The molecule has 0 unspecified atom stereocenters. The lowest BCUT2D eigenvalue weighted by atomic mass is 10.1. The zero-order valence-corrected chi connectivity index (χ0v) is 20.3. The molecule has 0 aliphatic heterocycles. The quantitative estimate of drug-likeness (QED) is 0.117. The third-order valence-electron chi connectivity index (χ3n) is 5.24. The van der Waals surface area contributed by atoms with Gasteiger partial charge in [-0.3, -0.25) is 4.79 Å². The average Bonchev–Trinajstić information content (AvgIpc) is 2.79. The van der Waals surface area contributed by atoms with Crippen LogP contribution >= 0.6 is 0 Å². The number of unbranched alkanes of at least 4 members (excludes halogenated alkanes) is 7. The van der Waals surface area contributed by atoms with E-state index in [-0.39, 0.29) is 17.1 Å². The second-order valence-electron chi connectivity index (χ2n) is 8.14. The number of esters is 1. The number of rotatable bonds is 16. The Morgan fingerprint density at radius 3 is 2.33 bits per heavy atom.